The molecule has 4 rings (SSSR count). The third-order valence-electron chi connectivity index (χ3n) is 5.08. The first-order valence-corrected chi connectivity index (χ1v) is 10.2. The number of likely N-dealkylation sites (N-methyl/N-ethyl adjacent to an activating group) is 1. The fourth-order valence-corrected chi connectivity index (χ4v) is 3.66. The van der Waals surface area contributed by atoms with E-state index in [0.29, 0.717) is 6.54 Å². The van der Waals surface area contributed by atoms with Crippen molar-refractivity contribution in [2.75, 3.05) is 11.4 Å². The molecule has 4 aromatic rings. The Morgan fingerprint density at radius 2 is 1.60 bits per heavy atom. The van der Waals surface area contributed by atoms with Crippen LogP contribution in [-0.4, -0.2) is 22.0 Å². The second-order valence-electron chi connectivity index (χ2n) is 7.09. The van der Waals surface area contributed by atoms with Gasteiger partial charge in [-0.15, -0.1) is 0 Å². The predicted octanol–water partition coefficient (Wildman–Crippen LogP) is 5.23. The number of amides is 1. The van der Waals surface area contributed by atoms with Gasteiger partial charge in [0.15, 0.2) is 11.9 Å². The number of ether oxygens (including phenoxy) is 1. The second kappa shape index (κ2) is 8.82. The Morgan fingerprint density at radius 3 is 2.30 bits per heavy atom. The molecule has 0 aliphatic carbocycles. The maximum absolute atomic E-state index is 13.3. The molecule has 0 aliphatic heterocycles. The van der Waals surface area contributed by atoms with Crippen molar-refractivity contribution in [2.45, 2.75) is 26.5 Å². The molecule has 1 atom stereocenters. The Morgan fingerprint density at radius 1 is 0.967 bits per heavy atom. The van der Waals surface area contributed by atoms with Gasteiger partial charge in [0.2, 0.25) is 5.91 Å². The first kappa shape index (κ1) is 19.7. The van der Waals surface area contributed by atoms with Crippen molar-refractivity contribution in [3.63, 3.8) is 0 Å². The molecule has 0 fully saturated rings. The maximum atomic E-state index is 13.3. The average molecular weight is 399 g/mol. The van der Waals surface area contributed by atoms with Crippen molar-refractivity contribution < 1.29 is 9.53 Å². The Kier molecular flexibility index (Phi) is 5.80. The average Bonchev–Trinajstić information content (AvgIpc) is 3.14. The van der Waals surface area contributed by atoms with Gasteiger partial charge in [0, 0.05) is 12.2 Å². The minimum absolute atomic E-state index is 0.0139. The number of anilines is 1. The van der Waals surface area contributed by atoms with Gasteiger partial charge in [0.25, 0.3) is 0 Å². The van der Waals surface area contributed by atoms with Crippen molar-refractivity contribution in [1.29, 1.82) is 0 Å². The highest BCUT2D eigenvalue weighted by atomic mass is 16.5. The van der Waals surface area contributed by atoms with Gasteiger partial charge in [-0.2, -0.15) is 0 Å². The number of imidazole rings is 1. The molecule has 0 N–H and O–H groups in total. The molecule has 0 saturated carbocycles. The van der Waals surface area contributed by atoms with E-state index < -0.39 is 0 Å². The van der Waals surface area contributed by atoms with Crippen LogP contribution in [0.4, 0.5) is 5.69 Å². The quantitative estimate of drug-likeness (QED) is 0.428. The summed E-state index contributed by atoms with van der Waals surface area (Å²) in [4.78, 5) is 19.8. The van der Waals surface area contributed by atoms with Crippen LogP contribution in [0.5, 0.6) is 5.75 Å². The van der Waals surface area contributed by atoms with Crippen molar-refractivity contribution in [2.24, 2.45) is 0 Å². The zero-order valence-corrected chi connectivity index (χ0v) is 17.2. The van der Waals surface area contributed by atoms with Gasteiger partial charge in [0.05, 0.1) is 11.0 Å². The van der Waals surface area contributed by atoms with Crippen LogP contribution in [0.25, 0.3) is 11.0 Å². The summed E-state index contributed by atoms with van der Waals surface area (Å²) < 4.78 is 8.08. The summed E-state index contributed by atoms with van der Waals surface area (Å²) in [5.74, 6) is 1.52. The smallest absolute Gasteiger partial charge is 0.246 e. The molecule has 152 valence electrons. The normalized spacial score (nSPS) is 11.9. The van der Waals surface area contributed by atoms with Gasteiger partial charge in [-0.25, -0.2) is 4.98 Å². The molecule has 5 heteroatoms. The topological polar surface area (TPSA) is 47.4 Å². The number of carbonyl (C=O) groups is 1. The molecule has 1 aromatic heterocycles. The molecule has 1 heterocycles. The Hall–Kier alpha value is -3.60. The number of hydrogen-bond acceptors (Lipinski definition) is 3. The number of nitrogens with zero attached hydrogens (tertiary/aromatic N) is 3. The molecule has 1 unspecified atom stereocenters. The van der Waals surface area contributed by atoms with E-state index in [1.54, 1.807) is 4.90 Å². The van der Waals surface area contributed by atoms with Gasteiger partial charge in [0.1, 0.15) is 12.3 Å². The summed E-state index contributed by atoms with van der Waals surface area (Å²) in [6, 6.07) is 27.3. The van der Waals surface area contributed by atoms with Crippen LogP contribution in [0, 0.1) is 0 Å². The molecular formula is C25H25N3O2. The van der Waals surface area contributed by atoms with E-state index in [1.807, 2.05) is 103 Å². The number of carbonyl (C=O) groups excluding carboxylic acids is 1. The first-order valence-electron chi connectivity index (χ1n) is 10.2. The van der Waals surface area contributed by atoms with E-state index >= 15 is 0 Å². The SMILES string of the molecule is CCN(C(=O)Cn1c(C(C)Oc2ccccc2)nc2ccccc21)c1ccccc1. The zero-order chi connectivity index (χ0) is 20.9. The summed E-state index contributed by atoms with van der Waals surface area (Å²) in [6.07, 6.45) is -0.306. The zero-order valence-electron chi connectivity index (χ0n) is 17.2. The lowest BCUT2D eigenvalue weighted by molar-refractivity contribution is -0.119. The highest BCUT2D eigenvalue weighted by Gasteiger charge is 2.22. The van der Waals surface area contributed by atoms with Crippen molar-refractivity contribution in [3.8, 4) is 5.75 Å². The molecule has 0 radical (unpaired) electrons. The molecule has 3 aromatic carbocycles. The highest BCUT2D eigenvalue weighted by Crippen LogP contribution is 2.26. The predicted molar refractivity (Wildman–Crippen MR) is 120 cm³/mol. The molecule has 0 saturated heterocycles. The van der Waals surface area contributed by atoms with Crippen LogP contribution in [0.15, 0.2) is 84.9 Å². The van der Waals surface area contributed by atoms with Crippen LogP contribution < -0.4 is 9.64 Å². The molecule has 0 spiro atoms. The standard InChI is InChI=1S/C25H25N3O2/c1-3-27(20-12-6-4-7-13-20)24(29)18-28-23-17-11-10-16-22(23)26-25(28)19(2)30-21-14-8-5-9-15-21/h4-17,19H,3,18H2,1-2H3. The monoisotopic (exact) mass is 399 g/mol. The molecule has 0 aliphatic rings. The van der Waals surface area contributed by atoms with E-state index in [0.717, 1.165) is 28.3 Å². The summed E-state index contributed by atoms with van der Waals surface area (Å²) >= 11 is 0. The fraction of sp³-hybridized carbons (Fsp3) is 0.200. The number of hydrogen-bond donors (Lipinski definition) is 0. The van der Waals surface area contributed by atoms with Gasteiger partial charge >= 0.3 is 0 Å². The number of para-hydroxylation sites is 4. The summed E-state index contributed by atoms with van der Waals surface area (Å²) in [5.41, 5.74) is 2.67. The van der Waals surface area contributed by atoms with E-state index in [2.05, 4.69) is 0 Å². The minimum Gasteiger partial charge on any atom is -0.483 e. The fourth-order valence-electron chi connectivity index (χ4n) is 3.66. The number of aromatic nitrogens is 2. The van der Waals surface area contributed by atoms with Gasteiger partial charge in [-0.05, 0) is 50.2 Å². The van der Waals surface area contributed by atoms with E-state index in [9.17, 15) is 4.79 Å². The summed E-state index contributed by atoms with van der Waals surface area (Å²) in [6.45, 7) is 4.74. The third kappa shape index (κ3) is 4.06. The van der Waals surface area contributed by atoms with Gasteiger partial charge in [-0.1, -0.05) is 48.5 Å². The number of rotatable bonds is 7. The molecular weight excluding hydrogens is 374 g/mol. The Labute approximate surface area is 176 Å². The molecule has 1 amide bonds. The van der Waals surface area contributed by atoms with Crippen LogP contribution in [-0.2, 0) is 11.3 Å². The number of fused-ring (bicyclic) bond motifs is 1. The van der Waals surface area contributed by atoms with Crippen molar-refractivity contribution in [3.05, 3.63) is 90.8 Å². The van der Waals surface area contributed by atoms with E-state index in [-0.39, 0.29) is 18.6 Å². The Bertz CT molecular complexity index is 1120. The molecule has 5 nitrogen and oxygen atoms in total. The summed E-state index contributed by atoms with van der Waals surface area (Å²) in [7, 11) is 0. The van der Waals surface area contributed by atoms with E-state index in [1.165, 1.54) is 0 Å². The maximum Gasteiger partial charge on any atom is 0.246 e. The van der Waals surface area contributed by atoms with Crippen LogP contribution in [0.3, 0.4) is 0 Å². The van der Waals surface area contributed by atoms with Crippen molar-refractivity contribution in [1.82, 2.24) is 9.55 Å². The largest absolute Gasteiger partial charge is 0.483 e. The van der Waals surface area contributed by atoms with Crippen molar-refractivity contribution >= 4 is 22.6 Å². The number of benzene rings is 3. The van der Waals surface area contributed by atoms with Gasteiger partial charge < -0.3 is 14.2 Å². The lowest BCUT2D eigenvalue weighted by Gasteiger charge is -2.23. The van der Waals surface area contributed by atoms with Crippen LogP contribution >= 0.6 is 0 Å². The highest BCUT2D eigenvalue weighted by molar-refractivity contribution is 5.94. The van der Waals surface area contributed by atoms with E-state index in [4.69, 9.17) is 9.72 Å². The minimum atomic E-state index is -0.306. The Balaban J connectivity index is 1.67. The third-order valence-corrected chi connectivity index (χ3v) is 5.08. The lowest BCUT2D eigenvalue weighted by Crippen LogP contribution is -2.34. The molecule has 0 bridgehead atoms. The molecule has 30 heavy (non-hydrogen) atoms. The summed E-state index contributed by atoms with van der Waals surface area (Å²) in [5, 5.41) is 0. The second-order valence-corrected chi connectivity index (χ2v) is 7.09. The van der Waals surface area contributed by atoms with Gasteiger partial charge in [-0.3, -0.25) is 4.79 Å². The van der Waals surface area contributed by atoms with Crippen LogP contribution in [0.1, 0.15) is 25.8 Å². The lowest BCUT2D eigenvalue weighted by atomic mass is 10.2. The first-order chi connectivity index (χ1) is 14.7. The van der Waals surface area contributed by atoms with Crippen LogP contribution in [0.2, 0.25) is 0 Å².